The first-order valence-corrected chi connectivity index (χ1v) is 7.60. The molecule has 2 aromatic heterocycles. The molecule has 2 N–H and O–H groups in total. The van der Waals surface area contributed by atoms with Crippen LogP contribution < -0.4 is 10.6 Å². The van der Waals surface area contributed by atoms with Crippen molar-refractivity contribution in [1.82, 2.24) is 10.3 Å². The summed E-state index contributed by atoms with van der Waals surface area (Å²) in [4.78, 5) is 17.5. The van der Waals surface area contributed by atoms with Gasteiger partial charge < -0.3 is 10.6 Å². The number of hydrogen-bond donors (Lipinski definition) is 2. The fourth-order valence-electron chi connectivity index (χ4n) is 1.95. The highest BCUT2D eigenvalue weighted by Gasteiger charge is 2.23. The minimum absolute atomic E-state index is 0.0760. The van der Waals surface area contributed by atoms with Crippen LogP contribution in [-0.2, 0) is 4.79 Å². The number of aromatic nitrogens is 1. The second kappa shape index (κ2) is 5.17. The van der Waals surface area contributed by atoms with E-state index in [4.69, 9.17) is 0 Å². The van der Waals surface area contributed by atoms with E-state index < -0.39 is 0 Å². The van der Waals surface area contributed by atoms with Gasteiger partial charge in [-0.2, -0.15) is 0 Å². The fourth-order valence-corrected chi connectivity index (χ4v) is 3.43. The molecule has 1 fully saturated rings. The molecular weight excluding hydrogens is 266 g/mol. The van der Waals surface area contributed by atoms with Crippen LogP contribution in [0.5, 0.6) is 0 Å². The predicted octanol–water partition coefficient (Wildman–Crippen LogP) is 2.42. The number of nitrogens with one attached hydrogen (secondary N) is 2. The Hall–Kier alpha value is -1.24. The molecule has 94 valence electrons. The lowest BCUT2D eigenvalue weighted by Crippen LogP contribution is -2.24. The van der Waals surface area contributed by atoms with Gasteiger partial charge in [-0.1, -0.05) is 6.07 Å². The van der Waals surface area contributed by atoms with Crippen molar-refractivity contribution in [3.63, 3.8) is 0 Å². The van der Waals surface area contributed by atoms with Gasteiger partial charge in [0.15, 0.2) is 5.13 Å². The first kappa shape index (κ1) is 11.8. The molecule has 4 nitrogen and oxygen atoms in total. The van der Waals surface area contributed by atoms with Crippen LogP contribution in [0.1, 0.15) is 6.42 Å². The summed E-state index contributed by atoms with van der Waals surface area (Å²) in [6.45, 7) is 1.70. The monoisotopic (exact) mass is 279 g/mol. The number of carbonyl (C=O) groups excluding carboxylic acids is 1. The van der Waals surface area contributed by atoms with Crippen molar-refractivity contribution >= 4 is 33.7 Å². The van der Waals surface area contributed by atoms with E-state index >= 15 is 0 Å². The number of rotatable bonds is 3. The first-order valence-electron chi connectivity index (χ1n) is 5.84. The molecule has 1 saturated heterocycles. The van der Waals surface area contributed by atoms with Crippen molar-refractivity contribution in [3.8, 4) is 10.6 Å². The highest BCUT2D eigenvalue weighted by molar-refractivity contribution is 7.16. The highest BCUT2D eigenvalue weighted by Crippen LogP contribution is 2.28. The lowest BCUT2D eigenvalue weighted by molar-refractivity contribution is -0.119. The van der Waals surface area contributed by atoms with Gasteiger partial charge in [-0.3, -0.25) is 4.79 Å². The Bertz CT molecular complexity index is 529. The number of thiazole rings is 1. The number of anilines is 1. The number of carbonyl (C=O) groups is 1. The van der Waals surface area contributed by atoms with Gasteiger partial charge in [0.1, 0.15) is 0 Å². The van der Waals surface area contributed by atoms with Gasteiger partial charge in [0.05, 0.1) is 16.5 Å². The third kappa shape index (κ3) is 2.45. The van der Waals surface area contributed by atoms with Crippen molar-refractivity contribution in [2.45, 2.75) is 6.42 Å². The van der Waals surface area contributed by atoms with E-state index in [-0.39, 0.29) is 11.8 Å². The van der Waals surface area contributed by atoms with E-state index in [2.05, 4.69) is 15.6 Å². The van der Waals surface area contributed by atoms with E-state index in [1.807, 2.05) is 22.9 Å². The third-order valence-corrected chi connectivity index (χ3v) is 4.59. The lowest BCUT2D eigenvalue weighted by Gasteiger charge is -2.06. The molecular formula is C12H13N3OS2. The average Bonchev–Trinajstić information content (AvgIpc) is 3.12. The molecule has 0 spiro atoms. The van der Waals surface area contributed by atoms with Crippen LogP contribution in [0, 0.1) is 5.92 Å². The van der Waals surface area contributed by atoms with Gasteiger partial charge in [-0.15, -0.1) is 22.7 Å². The van der Waals surface area contributed by atoms with Gasteiger partial charge in [-0.05, 0) is 24.4 Å². The van der Waals surface area contributed by atoms with Crippen molar-refractivity contribution in [2.75, 3.05) is 18.4 Å². The molecule has 1 aliphatic heterocycles. The summed E-state index contributed by atoms with van der Waals surface area (Å²) in [6, 6.07) is 4.04. The van der Waals surface area contributed by atoms with E-state index in [1.165, 1.54) is 11.3 Å². The Morgan fingerprint density at radius 2 is 2.44 bits per heavy atom. The predicted molar refractivity (Wildman–Crippen MR) is 75.0 cm³/mol. The van der Waals surface area contributed by atoms with Crippen LogP contribution in [0.4, 0.5) is 5.13 Å². The number of nitrogens with zero attached hydrogens (tertiary/aromatic N) is 1. The van der Waals surface area contributed by atoms with Crippen molar-refractivity contribution < 1.29 is 4.79 Å². The Kier molecular flexibility index (Phi) is 3.40. The molecule has 1 amide bonds. The van der Waals surface area contributed by atoms with E-state index in [9.17, 15) is 4.79 Å². The van der Waals surface area contributed by atoms with Crippen molar-refractivity contribution in [2.24, 2.45) is 5.92 Å². The Morgan fingerprint density at radius 3 is 3.17 bits per heavy atom. The first-order chi connectivity index (χ1) is 8.83. The molecule has 0 aliphatic carbocycles. The molecule has 0 bridgehead atoms. The van der Waals surface area contributed by atoms with Crippen LogP contribution in [0.25, 0.3) is 10.6 Å². The standard InChI is InChI=1S/C12H13N3OS2/c16-11(8-3-4-13-6-8)15-12-14-9(7-18-12)10-2-1-5-17-10/h1-2,5,7-8,13H,3-4,6H2,(H,14,15,16). The van der Waals surface area contributed by atoms with Crippen LogP contribution in [0.3, 0.4) is 0 Å². The molecule has 1 atom stereocenters. The van der Waals surface area contributed by atoms with Gasteiger partial charge in [0.2, 0.25) is 5.91 Å². The smallest absolute Gasteiger partial charge is 0.230 e. The largest absolute Gasteiger partial charge is 0.316 e. The summed E-state index contributed by atoms with van der Waals surface area (Å²) in [6.07, 6.45) is 0.912. The SMILES string of the molecule is O=C(Nc1nc(-c2cccs2)cs1)C1CCNC1. The molecule has 0 saturated carbocycles. The molecule has 3 rings (SSSR count). The molecule has 0 radical (unpaired) electrons. The summed E-state index contributed by atoms with van der Waals surface area (Å²) in [7, 11) is 0. The maximum Gasteiger partial charge on any atom is 0.230 e. The zero-order chi connectivity index (χ0) is 12.4. The molecule has 1 unspecified atom stereocenters. The summed E-state index contributed by atoms with van der Waals surface area (Å²) in [5.41, 5.74) is 0.940. The molecule has 1 aliphatic rings. The van der Waals surface area contributed by atoms with Gasteiger partial charge in [0.25, 0.3) is 0 Å². The van der Waals surface area contributed by atoms with Crippen LogP contribution in [0.2, 0.25) is 0 Å². The second-order valence-electron chi connectivity index (χ2n) is 4.19. The van der Waals surface area contributed by atoms with Gasteiger partial charge >= 0.3 is 0 Å². The lowest BCUT2D eigenvalue weighted by atomic mass is 10.1. The van der Waals surface area contributed by atoms with Gasteiger partial charge in [-0.25, -0.2) is 4.98 Å². The minimum atomic E-state index is 0.0760. The third-order valence-electron chi connectivity index (χ3n) is 2.94. The Balaban J connectivity index is 1.68. The summed E-state index contributed by atoms with van der Waals surface area (Å²) < 4.78 is 0. The molecule has 6 heteroatoms. The zero-order valence-electron chi connectivity index (χ0n) is 9.68. The van der Waals surface area contributed by atoms with E-state index in [1.54, 1.807) is 11.3 Å². The van der Waals surface area contributed by atoms with Crippen molar-refractivity contribution in [1.29, 1.82) is 0 Å². The van der Waals surface area contributed by atoms with Crippen LogP contribution in [0.15, 0.2) is 22.9 Å². The fraction of sp³-hybridized carbons (Fsp3) is 0.333. The normalized spacial score (nSPS) is 19.0. The molecule has 0 aromatic carbocycles. The topological polar surface area (TPSA) is 54.0 Å². The quantitative estimate of drug-likeness (QED) is 0.907. The van der Waals surface area contributed by atoms with Gasteiger partial charge in [0, 0.05) is 11.9 Å². The molecule has 3 heterocycles. The zero-order valence-corrected chi connectivity index (χ0v) is 11.3. The number of thiophene rings is 1. The summed E-state index contributed by atoms with van der Waals surface area (Å²) in [5.74, 6) is 0.158. The minimum Gasteiger partial charge on any atom is -0.316 e. The second-order valence-corrected chi connectivity index (χ2v) is 6.00. The van der Waals surface area contributed by atoms with Crippen molar-refractivity contribution in [3.05, 3.63) is 22.9 Å². The summed E-state index contributed by atoms with van der Waals surface area (Å²) >= 11 is 3.13. The maximum absolute atomic E-state index is 11.9. The Labute approximate surface area is 113 Å². The Morgan fingerprint density at radius 1 is 1.50 bits per heavy atom. The van der Waals surface area contributed by atoms with Crippen LogP contribution in [-0.4, -0.2) is 24.0 Å². The van der Waals surface area contributed by atoms with Crippen LogP contribution >= 0.6 is 22.7 Å². The summed E-state index contributed by atoms with van der Waals surface area (Å²) in [5, 5.41) is 10.8. The number of hydrogen-bond acceptors (Lipinski definition) is 5. The number of amides is 1. The highest BCUT2D eigenvalue weighted by atomic mass is 32.1. The maximum atomic E-state index is 11.9. The molecule has 2 aromatic rings. The van der Waals surface area contributed by atoms with E-state index in [0.717, 1.165) is 30.1 Å². The molecule has 18 heavy (non-hydrogen) atoms. The average molecular weight is 279 g/mol. The van der Waals surface area contributed by atoms with E-state index in [0.29, 0.717) is 5.13 Å².